The molecule has 1 unspecified atom stereocenters. The topological polar surface area (TPSA) is 3.24 Å². The molecule has 2 aliphatic rings. The zero-order valence-electron chi connectivity index (χ0n) is 7.14. The Morgan fingerprint density at radius 2 is 2.27 bits per heavy atom. The maximum absolute atomic E-state index is 5.53. The Balaban J connectivity index is 2.13. The maximum atomic E-state index is 5.53. The SMILES string of the molecule is C#CC1(C)CCCN1C1CC1. The second-order valence-corrected chi connectivity index (χ2v) is 3.95. The van der Waals surface area contributed by atoms with Gasteiger partial charge in [0.25, 0.3) is 0 Å². The highest BCUT2D eigenvalue weighted by Crippen LogP contribution is 2.38. The molecule has 2 rings (SSSR count). The van der Waals surface area contributed by atoms with E-state index in [1.54, 1.807) is 0 Å². The molecule has 0 spiro atoms. The normalized spacial score (nSPS) is 38.9. The summed E-state index contributed by atoms with van der Waals surface area (Å²) in [6.07, 6.45) is 10.8. The quantitative estimate of drug-likeness (QED) is 0.512. The predicted molar refractivity (Wildman–Crippen MR) is 46.2 cm³/mol. The molecule has 0 aromatic carbocycles. The third-order valence-corrected chi connectivity index (χ3v) is 3.00. The fourth-order valence-electron chi connectivity index (χ4n) is 2.11. The Morgan fingerprint density at radius 3 is 2.82 bits per heavy atom. The van der Waals surface area contributed by atoms with Crippen LogP contribution in [0.5, 0.6) is 0 Å². The molecule has 1 heterocycles. The van der Waals surface area contributed by atoms with Crippen molar-refractivity contribution in [1.29, 1.82) is 0 Å². The molecule has 2 fully saturated rings. The summed E-state index contributed by atoms with van der Waals surface area (Å²) in [7, 11) is 0. The minimum atomic E-state index is 0.0984. The fourth-order valence-corrected chi connectivity index (χ4v) is 2.11. The van der Waals surface area contributed by atoms with Crippen LogP contribution < -0.4 is 0 Å². The van der Waals surface area contributed by atoms with Gasteiger partial charge in [0.15, 0.2) is 0 Å². The molecule has 0 aromatic heterocycles. The second-order valence-electron chi connectivity index (χ2n) is 3.95. The van der Waals surface area contributed by atoms with Gasteiger partial charge in [-0.2, -0.15) is 0 Å². The number of likely N-dealkylation sites (tertiary alicyclic amines) is 1. The Kier molecular flexibility index (Phi) is 1.47. The predicted octanol–water partition coefficient (Wildman–Crippen LogP) is 1.64. The summed E-state index contributed by atoms with van der Waals surface area (Å²) in [6.45, 7) is 3.43. The van der Waals surface area contributed by atoms with Crippen LogP contribution >= 0.6 is 0 Å². The molecule has 1 atom stereocenters. The lowest BCUT2D eigenvalue weighted by Crippen LogP contribution is -2.41. The van der Waals surface area contributed by atoms with E-state index in [1.807, 2.05) is 0 Å². The monoisotopic (exact) mass is 149 g/mol. The van der Waals surface area contributed by atoms with E-state index < -0.39 is 0 Å². The molecule has 0 radical (unpaired) electrons. The summed E-state index contributed by atoms with van der Waals surface area (Å²) >= 11 is 0. The van der Waals surface area contributed by atoms with Crippen molar-refractivity contribution in [2.24, 2.45) is 0 Å². The standard InChI is InChI=1S/C10H15N/c1-3-10(2)7-4-8-11(10)9-5-6-9/h1,9H,4-8H2,2H3. The molecular formula is C10H15N. The van der Waals surface area contributed by atoms with Gasteiger partial charge in [-0.25, -0.2) is 0 Å². The number of rotatable bonds is 1. The number of hydrogen-bond acceptors (Lipinski definition) is 1. The van der Waals surface area contributed by atoms with Gasteiger partial charge in [0.2, 0.25) is 0 Å². The maximum Gasteiger partial charge on any atom is 0.0797 e. The van der Waals surface area contributed by atoms with Crippen LogP contribution in [-0.4, -0.2) is 23.0 Å². The van der Waals surface area contributed by atoms with Crippen LogP contribution in [0, 0.1) is 12.3 Å². The van der Waals surface area contributed by atoms with Crippen molar-refractivity contribution in [3.05, 3.63) is 0 Å². The minimum absolute atomic E-state index is 0.0984. The molecule has 1 saturated carbocycles. The molecule has 11 heavy (non-hydrogen) atoms. The Morgan fingerprint density at radius 1 is 1.55 bits per heavy atom. The van der Waals surface area contributed by atoms with Gasteiger partial charge in [-0.05, 0) is 39.2 Å². The largest absolute Gasteiger partial charge is 0.285 e. The van der Waals surface area contributed by atoms with Crippen molar-refractivity contribution >= 4 is 0 Å². The van der Waals surface area contributed by atoms with E-state index in [0.717, 1.165) is 6.04 Å². The van der Waals surface area contributed by atoms with E-state index in [0.29, 0.717) is 0 Å². The van der Waals surface area contributed by atoms with Crippen molar-refractivity contribution in [1.82, 2.24) is 4.90 Å². The molecule has 1 nitrogen and oxygen atoms in total. The average molecular weight is 149 g/mol. The van der Waals surface area contributed by atoms with Crippen molar-refractivity contribution in [3.63, 3.8) is 0 Å². The summed E-state index contributed by atoms with van der Waals surface area (Å²) in [5, 5.41) is 0. The third-order valence-electron chi connectivity index (χ3n) is 3.00. The van der Waals surface area contributed by atoms with E-state index in [9.17, 15) is 0 Å². The summed E-state index contributed by atoms with van der Waals surface area (Å²) in [5.41, 5.74) is 0.0984. The van der Waals surface area contributed by atoms with E-state index in [2.05, 4.69) is 17.7 Å². The first kappa shape index (κ1) is 7.18. The minimum Gasteiger partial charge on any atom is -0.285 e. The summed E-state index contributed by atoms with van der Waals surface area (Å²) < 4.78 is 0. The fraction of sp³-hybridized carbons (Fsp3) is 0.800. The average Bonchev–Trinajstić information content (AvgIpc) is 2.77. The first-order valence-corrected chi connectivity index (χ1v) is 4.51. The lowest BCUT2D eigenvalue weighted by Gasteiger charge is -2.30. The highest BCUT2D eigenvalue weighted by atomic mass is 15.3. The van der Waals surface area contributed by atoms with Crippen molar-refractivity contribution in [2.45, 2.75) is 44.2 Å². The molecule has 1 aliphatic carbocycles. The van der Waals surface area contributed by atoms with Gasteiger partial charge in [-0.15, -0.1) is 6.42 Å². The highest BCUT2D eigenvalue weighted by molar-refractivity contribution is 5.16. The Hall–Kier alpha value is -0.480. The number of nitrogens with zero attached hydrogens (tertiary/aromatic N) is 1. The first-order valence-electron chi connectivity index (χ1n) is 4.51. The van der Waals surface area contributed by atoms with Crippen LogP contribution in [0.15, 0.2) is 0 Å². The zero-order chi connectivity index (χ0) is 7.90. The number of hydrogen-bond donors (Lipinski definition) is 0. The zero-order valence-corrected chi connectivity index (χ0v) is 7.14. The van der Waals surface area contributed by atoms with Crippen molar-refractivity contribution < 1.29 is 0 Å². The lowest BCUT2D eigenvalue weighted by molar-refractivity contribution is 0.202. The summed E-state index contributed by atoms with van der Waals surface area (Å²) in [6, 6.07) is 0.832. The van der Waals surface area contributed by atoms with Crippen LogP contribution in [0.3, 0.4) is 0 Å². The van der Waals surface area contributed by atoms with Crippen LogP contribution in [-0.2, 0) is 0 Å². The molecule has 1 heteroatoms. The third kappa shape index (κ3) is 1.06. The van der Waals surface area contributed by atoms with Gasteiger partial charge in [0.1, 0.15) is 0 Å². The van der Waals surface area contributed by atoms with E-state index in [-0.39, 0.29) is 5.54 Å². The van der Waals surface area contributed by atoms with Crippen LogP contribution in [0.2, 0.25) is 0 Å². The van der Waals surface area contributed by atoms with Crippen molar-refractivity contribution in [2.75, 3.05) is 6.54 Å². The smallest absolute Gasteiger partial charge is 0.0797 e. The van der Waals surface area contributed by atoms with Gasteiger partial charge < -0.3 is 0 Å². The number of terminal acetylenes is 1. The van der Waals surface area contributed by atoms with E-state index in [1.165, 1.54) is 32.2 Å². The highest BCUT2D eigenvalue weighted by Gasteiger charge is 2.43. The Labute approximate surface area is 68.8 Å². The molecule has 1 aliphatic heterocycles. The molecule has 0 amide bonds. The van der Waals surface area contributed by atoms with E-state index >= 15 is 0 Å². The van der Waals surface area contributed by atoms with Gasteiger partial charge in [-0.1, -0.05) is 5.92 Å². The summed E-state index contributed by atoms with van der Waals surface area (Å²) in [4.78, 5) is 2.52. The Bertz CT molecular complexity index is 199. The van der Waals surface area contributed by atoms with Gasteiger partial charge in [0.05, 0.1) is 5.54 Å². The summed E-state index contributed by atoms with van der Waals surface area (Å²) in [5.74, 6) is 2.94. The second kappa shape index (κ2) is 2.25. The molecule has 1 saturated heterocycles. The molecule has 60 valence electrons. The van der Waals surface area contributed by atoms with Crippen LogP contribution in [0.4, 0.5) is 0 Å². The molecule has 0 aromatic rings. The van der Waals surface area contributed by atoms with E-state index in [4.69, 9.17) is 6.42 Å². The molecular weight excluding hydrogens is 134 g/mol. The lowest BCUT2D eigenvalue weighted by atomic mass is 10.0. The van der Waals surface area contributed by atoms with Gasteiger partial charge in [0, 0.05) is 6.04 Å². The molecule has 0 N–H and O–H groups in total. The van der Waals surface area contributed by atoms with Gasteiger partial charge in [-0.3, -0.25) is 4.90 Å². The van der Waals surface area contributed by atoms with Crippen LogP contribution in [0.25, 0.3) is 0 Å². The molecule has 0 bridgehead atoms. The van der Waals surface area contributed by atoms with Gasteiger partial charge >= 0.3 is 0 Å². The van der Waals surface area contributed by atoms with Crippen molar-refractivity contribution in [3.8, 4) is 12.3 Å². The van der Waals surface area contributed by atoms with Crippen LogP contribution in [0.1, 0.15) is 32.6 Å². The first-order chi connectivity index (χ1) is 5.26.